The first-order valence-corrected chi connectivity index (χ1v) is 14.9. The molecule has 0 radical (unpaired) electrons. The lowest BCUT2D eigenvalue weighted by Gasteiger charge is -2.46. The molecule has 2 N–H and O–H groups in total. The maximum atomic E-state index is 12.6. The molecule has 0 amide bonds. The van der Waals surface area contributed by atoms with Gasteiger partial charge in [0, 0.05) is 59.2 Å². The van der Waals surface area contributed by atoms with Crippen molar-refractivity contribution in [1.82, 2.24) is 10.3 Å². The van der Waals surface area contributed by atoms with Crippen LogP contribution < -0.4 is 14.8 Å². The second-order valence-electron chi connectivity index (χ2n) is 10.1. The largest absolute Gasteiger partial charge is 0.619 e. The van der Waals surface area contributed by atoms with E-state index in [-0.39, 0.29) is 18.2 Å². The van der Waals surface area contributed by atoms with Crippen molar-refractivity contribution >= 4 is 32.3 Å². The molecule has 1 aliphatic rings. The number of ether oxygens (including phenoxy) is 1. The molecule has 1 saturated heterocycles. The molecule has 8 nitrogen and oxygen atoms in total. The highest BCUT2D eigenvalue weighted by Crippen LogP contribution is 2.47. The summed E-state index contributed by atoms with van der Waals surface area (Å²) in [5, 5.41) is 29.7. The highest BCUT2D eigenvalue weighted by Gasteiger charge is 2.48. The standard InChI is InChI=1S/C29H30ClN3O5S.CH4/c1-38-28-25(16-20-15-24(39(2,36)37)10-11-26(20)32-28)27(19-6-8-22(30)9-7-19)29(34)12-13-31-18-21(29)17-23-5-3-4-14-33(23)35;/h3-11,14-16,21,27,31,34H,12-13,17-18H2,1-2H3;1H4. The number of nitrogens with zero attached hydrogens (tertiary/aromatic N) is 2. The lowest BCUT2D eigenvalue weighted by atomic mass is 9.66. The van der Waals surface area contributed by atoms with Crippen LogP contribution in [0.5, 0.6) is 5.88 Å². The maximum Gasteiger partial charge on any atom is 0.217 e. The van der Waals surface area contributed by atoms with Gasteiger partial charge in [-0.15, -0.1) is 0 Å². The van der Waals surface area contributed by atoms with E-state index in [1.54, 1.807) is 36.4 Å². The Balaban J connectivity index is 0.00000370. The van der Waals surface area contributed by atoms with Gasteiger partial charge in [-0.25, -0.2) is 13.4 Å². The minimum atomic E-state index is -3.44. The Labute approximate surface area is 240 Å². The molecule has 3 unspecified atom stereocenters. The van der Waals surface area contributed by atoms with Crippen molar-refractivity contribution < 1.29 is 23.0 Å². The number of rotatable bonds is 7. The summed E-state index contributed by atoms with van der Waals surface area (Å²) in [6.45, 7) is 1.07. The van der Waals surface area contributed by atoms with E-state index < -0.39 is 21.4 Å². The van der Waals surface area contributed by atoms with Gasteiger partial charge in [-0.05, 0) is 54.9 Å². The van der Waals surface area contributed by atoms with Gasteiger partial charge in [0.15, 0.2) is 21.7 Å². The van der Waals surface area contributed by atoms with E-state index in [4.69, 9.17) is 21.3 Å². The van der Waals surface area contributed by atoms with E-state index in [2.05, 4.69) is 5.32 Å². The summed E-state index contributed by atoms with van der Waals surface area (Å²) in [7, 11) is -1.92. The number of methoxy groups -OCH3 is 1. The number of hydrogen-bond acceptors (Lipinski definition) is 7. The number of benzene rings is 2. The number of nitrogens with one attached hydrogen (secondary N) is 1. The molecule has 2 aromatic carbocycles. The molecule has 0 spiro atoms. The van der Waals surface area contributed by atoms with Crippen LogP contribution in [0.4, 0.5) is 0 Å². The normalized spacial score (nSPS) is 20.1. The fraction of sp³-hybridized carbons (Fsp3) is 0.333. The summed E-state index contributed by atoms with van der Waals surface area (Å²) < 4.78 is 31.1. The van der Waals surface area contributed by atoms with Crippen LogP contribution >= 0.6 is 11.6 Å². The maximum absolute atomic E-state index is 12.6. The first-order chi connectivity index (χ1) is 18.6. The van der Waals surface area contributed by atoms with Gasteiger partial charge in [-0.2, -0.15) is 4.73 Å². The Morgan fingerprint density at radius 2 is 1.95 bits per heavy atom. The summed E-state index contributed by atoms with van der Waals surface area (Å²) in [5.41, 5.74) is 1.24. The van der Waals surface area contributed by atoms with Gasteiger partial charge in [0.25, 0.3) is 0 Å². The lowest BCUT2D eigenvalue weighted by Crippen LogP contribution is -2.55. The number of pyridine rings is 2. The molecule has 0 saturated carbocycles. The number of sulfone groups is 1. The number of aliphatic hydroxyl groups is 1. The Morgan fingerprint density at radius 3 is 2.62 bits per heavy atom. The number of aromatic nitrogens is 2. The van der Waals surface area contributed by atoms with Crippen LogP contribution in [-0.4, -0.2) is 50.6 Å². The van der Waals surface area contributed by atoms with Crippen molar-refractivity contribution in [1.29, 1.82) is 0 Å². The minimum absolute atomic E-state index is 0. The van der Waals surface area contributed by atoms with Crippen LogP contribution in [0.3, 0.4) is 0 Å². The third-order valence-corrected chi connectivity index (χ3v) is 8.94. The zero-order valence-electron chi connectivity index (χ0n) is 21.7. The monoisotopic (exact) mass is 583 g/mol. The Morgan fingerprint density at radius 1 is 1.20 bits per heavy atom. The highest BCUT2D eigenvalue weighted by molar-refractivity contribution is 7.90. The SMILES string of the molecule is C.COc1nc2ccc(S(C)(=O)=O)cc2cc1C(c1ccc(Cl)cc1)C1(O)CCNCC1Cc1cccc[n+]1[O-]. The molecule has 5 rings (SSSR count). The molecule has 0 aliphatic carbocycles. The van der Waals surface area contributed by atoms with Crippen molar-refractivity contribution in [2.75, 3.05) is 26.5 Å². The number of fused-ring (bicyclic) bond motifs is 1. The lowest BCUT2D eigenvalue weighted by molar-refractivity contribution is -0.614. The van der Waals surface area contributed by atoms with Crippen LogP contribution in [0.1, 0.15) is 36.6 Å². The average molecular weight is 584 g/mol. The summed E-state index contributed by atoms with van der Waals surface area (Å²) in [4.78, 5) is 4.89. The van der Waals surface area contributed by atoms with Crippen molar-refractivity contribution in [3.05, 3.63) is 100.0 Å². The van der Waals surface area contributed by atoms with Gasteiger partial charge >= 0.3 is 0 Å². The van der Waals surface area contributed by atoms with Crippen LogP contribution in [0, 0.1) is 11.1 Å². The molecule has 3 atom stereocenters. The number of piperidine rings is 1. The molecule has 1 aliphatic heterocycles. The zero-order chi connectivity index (χ0) is 27.8. The van der Waals surface area contributed by atoms with E-state index in [1.165, 1.54) is 19.4 Å². The smallest absolute Gasteiger partial charge is 0.217 e. The average Bonchev–Trinajstić information content (AvgIpc) is 2.91. The fourth-order valence-corrected chi connectivity index (χ4v) is 6.38. The van der Waals surface area contributed by atoms with Crippen molar-refractivity contribution in [3.63, 3.8) is 0 Å². The molecular formula is C30H34ClN3O5S. The molecule has 10 heteroatoms. The third kappa shape index (κ3) is 5.78. The quantitative estimate of drug-likeness (QED) is 0.246. The Hall–Kier alpha value is -3.24. The molecular weight excluding hydrogens is 550 g/mol. The second-order valence-corrected chi connectivity index (χ2v) is 12.5. The molecule has 2 aromatic heterocycles. The van der Waals surface area contributed by atoms with Crippen LogP contribution in [-0.2, 0) is 16.3 Å². The van der Waals surface area contributed by atoms with Gasteiger partial charge in [0.05, 0.1) is 23.1 Å². The van der Waals surface area contributed by atoms with Gasteiger partial charge in [-0.1, -0.05) is 37.2 Å². The van der Waals surface area contributed by atoms with E-state index >= 15 is 0 Å². The van der Waals surface area contributed by atoms with E-state index in [9.17, 15) is 18.7 Å². The van der Waals surface area contributed by atoms with Gasteiger partial charge in [0.1, 0.15) is 0 Å². The Bertz CT molecular complexity index is 1610. The molecule has 4 aromatic rings. The molecule has 40 heavy (non-hydrogen) atoms. The summed E-state index contributed by atoms with van der Waals surface area (Å²) in [5.74, 6) is -0.615. The van der Waals surface area contributed by atoms with Crippen LogP contribution in [0.2, 0.25) is 5.02 Å². The molecule has 3 heterocycles. The minimum Gasteiger partial charge on any atom is -0.619 e. The van der Waals surface area contributed by atoms with Crippen LogP contribution in [0.25, 0.3) is 10.9 Å². The van der Waals surface area contributed by atoms with Crippen molar-refractivity contribution in [3.8, 4) is 5.88 Å². The van der Waals surface area contributed by atoms with Crippen LogP contribution in [0.15, 0.2) is 77.8 Å². The fourth-order valence-electron chi connectivity index (χ4n) is 5.60. The molecule has 0 bridgehead atoms. The third-order valence-electron chi connectivity index (χ3n) is 7.57. The number of hydrogen-bond donors (Lipinski definition) is 2. The molecule has 212 valence electrons. The predicted molar refractivity (Wildman–Crippen MR) is 156 cm³/mol. The van der Waals surface area contributed by atoms with Gasteiger partial charge < -0.3 is 20.4 Å². The summed E-state index contributed by atoms with van der Waals surface area (Å²) >= 11 is 6.23. The molecule has 1 fully saturated rings. The predicted octanol–water partition coefficient (Wildman–Crippen LogP) is 4.29. The summed E-state index contributed by atoms with van der Waals surface area (Å²) in [6.07, 6.45) is 3.37. The first kappa shape index (κ1) is 29.7. The van der Waals surface area contributed by atoms with E-state index in [0.29, 0.717) is 59.0 Å². The van der Waals surface area contributed by atoms with Gasteiger partial charge in [0.2, 0.25) is 5.88 Å². The topological polar surface area (TPSA) is 115 Å². The highest BCUT2D eigenvalue weighted by atomic mass is 35.5. The number of halogens is 1. The summed E-state index contributed by atoms with van der Waals surface area (Å²) in [6, 6.07) is 19.2. The van der Waals surface area contributed by atoms with Crippen molar-refractivity contribution in [2.24, 2.45) is 5.92 Å². The second kappa shape index (κ2) is 11.7. The first-order valence-electron chi connectivity index (χ1n) is 12.6. The Kier molecular flexibility index (Phi) is 8.70. The zero-order valence-corrected chi connectivity index (χ0v) is 23.2. The van der Waals surface area contributed by atoms with Crippen molar-refractivity contribution in [2.45, 2.75) is 36.7 Å². The van der Waals surface area contributed by atoms with E-state index in [1.807, 2.05) is 24.3 Å². The van der Waals surface area contributed by atoms with E-state index in [0.717, 1.165) is 16.5 Å². The van der Waals surface area contributed by atoms with Gasteiger partial charge in [-0.3, -0.25) is 0 Å².